The molecule has 2 aliphatic rings. The molecular formula is C20H29N3O2. The van der Waals surface area contributed by atoms with Crippen molar-refractivity contribution in [1.82, 2.24) is 10.3 Å². The summed E-state index contributed by atoms with van der Waals surface area (Å²) in [6.07, 6.45) is 4.08. The number of rotatable bonds is 5. The van der Waals surface area contributed by atoms with Crippen LogP contribution in [-0.4, -0.2) is 37.2 Å². The standard InChI is InChI=1S/C20H29N3O2/c1-14(2)11-16-18(20(16,3)4)19(24)22-13-15-5-6-17(21-12-15)23-7-9-25-10-8-23/h5-6,11-12,16,18H,7-10,13H2,1-4H3,(H,22,24). The van der Waals surface area contributed by atoms with Gasteiger partial charge in [0.2, 0.25) is 5.91 Å². The number of morpholine rings is 1. The lowest BCUT2D eigenvalue weighted by Crippen LogP contribution is -2.36. The van der Waals surface area contributed by atoms with Crippen LogP contribution in [0.25, 0.3) is 0 Å². The van der Waals surface area contributed by atoms with Crippen LogP contribution in [0.4, 0.5) is 5.82 Å². The highest BCUT2D eigenvalue weighted by Crippen LogP contribution is 2.59. The van der Waals surface area contributed by atoms with Gasteiger partial charge in [0, 0.05) is 25.8 Å². The molecule has 2 heterocycles. The smallest absolute Gasteiger partial charge is 0.224 e. The van der Waals surface area contributed by atoms with Gasteiger partial charge >= 0.3 is 0 Å². The van der Waals surface area contributed by atoms with Crippen molar-refractivity contribution in [3.63, 3.8) is 0 Å². The zero-order chi connectivity index (χ0) is 18.0. The number of hydrogen-bond acceptors (Lipinski definition) is 4. The second-order valence-electron chi connectivity index (χ2n) is 7.91. The van der Waals surface area contributed by atoms with Gasteiger partial charge in [-0.05, 0) is 36.8 Å². The van der Waals surface area contributed by atoms with E-state index in [0.717, 1.165) is 37.7 Å². The third-order valence-corrected chi connectivity index (χ3v) is 5.32. The van der Waals surface area contributed by atoms with Crippen molar-refractivity contribution >= 4 is 11.7 Å². The zero-order valence-corrected chi connectivity index (χ0v) is 15.7. The lowest BCUT2D eigenvalue weighted by atomic mass is 10.1. The van der Waals surface area contributed by atoms with Gasteiger partial charge in [0.25, 0.3) is 0 Å². The number of aromatic nitrogens is 1. The Morgan fingerprint density at radius 2 is 2.08 bits per heavy atom. The molecule has 0 aromatic carbocycles. The molecule has 5 nitrogen and oxygen atoms in total. The molecule has 2 unspecified atom stereocenters. The first-order valence-corrected chi connectivity index (χ1v) is 9.10. The normalized spacial score (nSPS) is 24.6. The van der Waals surface area contributed by atoms with Crippen LogP contribution < -0.4 is 10.2 Å². The average molecular weight is 343 g/mol. The van der Waals surface area contributed by atoms with Gasteiger partial charge in [0.1, 0.15) is 5.82 Å². The molecule has 0 bridgehead atoms. The van der Waals surface area contributed by atoms with Gasteiger partial charge in [-0.1, -0.05) is 31.6 Å². The average Bonchev–Trinajstić information content (AvgIpc) is 3.13. The number of nitrogens with one attached hydrogen (secondary N) is 1. The minimum atomic E-state index is 0.0554. The van der Waals surface area contributed by atoms with Gasteiger partial charge in [-0.25, -0.2) is 4.98 Å². The molecule has 0 spiro atoms. The topological polar surface area (TPSA) is 54.5 Å². The van der Waals surface area contributed by atoms with E-state index < -0.39 is 0 Å². The van der Waals surface area contributed by atoms with E-state index in [1.165, 1.54) is 5.57 Å². The lowest BCUT2D eigenvalue weighted by Gasteiger charge is -2.27. The molecule has 2 fully saturated rings. The number of pyridine rings is 1. The summed E-state index contributed by atoms with van der Waals surface area (Å²) in [6, 6.07) is 4.07. The summed E-state index contributed by atoms with van der Waals surface area (Å²) in [5.74, 6) is 1.54. The predicted octanol–water partition coefficient (Wildman–Crippen LogP) is 2.77. The van der Waals surface area contributed by atoms with Crippen molar-refractivity contribution in [2.45, 2.75) is 34.2 Å². The molecule has 1 aliphatic carbocycles. The molecule has 5 heteroatoms. The highest BCUT2D eigenvalue weighted by Gasteiger charge is 2.60. The molecule has 1 N–H and O–H groups in total. The fourth-order valence-electron chi connectivity index (χ4n) is 3.65. The van der Waals surface area contributed by atoms with E-state index in [1.807, 2.05) is 18.3 Å². The van der Waals surface area contributed by atoms with Crippen LogP contribution in [0.3, 0.4) is 0 Å². The molecule has 1 aliphatic heterocycles. The monoisotopic (exact) mass is 343 g/mol. The van der Waals surface area contributed by atoms with Crippen molar-refractivity contribution in [2.24, 2.45) is 17.3 Å². The van der Waals surface area contributed by atoms with E-state index in [9.17, 15) is 4.79 Å². The SMILES string of the molecule is CC(C)=CC1C(C(=O)NCc2ccc(N3CCOCC3)nc2)C1(C)C. The Balaban J connectivity index is 1.53. The number of carbonyl (C=O) groups is 1. The maximum Gasteiger partial charge on any atom is 0.224 e. The highest BCUT2D eigenvalue weighted by atomic mass is 16.5. The Morgan fingerprint density at radius 1 is 1.36 bits per heavy atom. The Labute approximate surface area is 150 Å². The Hall–Kier alpha value is -1.88. The molecule has 2 atom stereocenters. The van der Waals surface area contributed by atoms with Crippen molar-refractivity contribution in [3.05, 3.63) is 35.5 Å². The number of anilines is 1. The van der Waals surface area contributed by atoms with Crippen molar-refractivity contribution in [1.29, 1.82) is 0 Å². The minimum absolute atomic E-state index is 0.0554. The second kappa shape index (κ2) is 7.16. The first-order valence-electron chi connectivity index (χ1n) is 9.10. The van der Waals surface area contributed by atoms with Gasteiger partial charge in [0.15, 0.2) is 0 Å². The van der Waals surface area contributed by atoms with Crippen LogP contribution in [0.5, 0.6) is 0 Å². The molecule has 0 radical (unpaired) electrons. The molecule has 1 aromatic heterocycles. The quantitative estimate of drug-likeness (QED) is 0.835. The summed E-state index contributed by atoms with van der Waals surface area (Å²) in [7, 11) is 0. The maximum atomic E-state index is 12.5. The molecule has 1 amide bonds. The molecular weight excluding hydrogens is 314 g/mol. The molecule has 1 saturated heterocycles. The fraction of sp³-hybridized carbons (Fsp3) is 0.600. The minimum Gasteiger partial charge on any atom is -0.378 e. The van der Waals surface area contributed by atoms with Crippen molar-refractivity contribution in [3.8, 4) is 0 Å². The number of allylic oxidation sites excluding steroid dienone is 2. The maximum absolute atomic E-state index is 12.5. The predicted molar refractivity (Wildman–Crippen MR) is 99.3 cm³/mol. The third-order valence-electron chi connectivity index (χ3n) is 5.32. The fourth-order valence-corrected chi connectivity index (χ4v) is 3.65. The van der Waals surface area contributed by atoms with Crippen LogP contribution in [0.1, 0.15) is 33.3 Å². The van der Waals surface area contributed by atoms with Gasteiger partial charge in [0.05, 0.1) is 19.1 Å². The number of nitrogens with zero attached hydrogens (tertiary/aromatic N) is 2. The molecule has 3 rings (SSSR count). The summed E-state index contributed by atoms with van der Waals surface area (Å²) in [5, 5.41) is 3.08. The molecule has 1 saturated carbocycles. The first kappa shape index (κ1) is 17.9. The number of amides is 1. The number of carbonyl (C=O) groups excluding carboxylic acids is 1. The van der Waals surface area contributed by atoms with Gasteiger partial charge in [-0.15, -0.1) is 0 Å². The largest absolute Gasteiger partial charge is 0.378 e. The third kappa shape index (κ3) is 4.03. The van der Waals surface area contributed by atoms with Gasteiger partial charge < -0.3 is 15.0 Å². The van der Waals surface area contributed by atoms with Crippen LogP contribution >= 0.6 is 0 Å². The Morgan fingerprint density at radius 3 is 2.68 bits per heavy atom. The summed E-state index contributed by atoms with van der Waals surface area (Å²) >= 11 is 0. The summed E-state index contributed by atoms with van der Waals surface area (Å²) in [4.78, 5) is 19.3. The van der Waals surface area contributed by atoms with Gasteiger partial charge in [-0.3, -0.25) is 4.79 Å². The summed E-state index contributed by atoms with van der Waals surface area (Å²) < 4.78 is 5.37. The first-order chi connectivity index (χ1) is 11.9. The number of ether oxygens (including phenoxy) is 1. The van der Waals surface area contributed by atoms with Crippen LogP contribution in [0.2, 0.25) is 0 Å². The zero-order valence-electron chi connectivity index (χ0n) is 15.7. The Kier molecular flexibility index (Phi) is 5.13. The highest BCUT2D eigenvalue weighted by molar-refractivity contribution is 5.83. The van der Waals surface area contributed by atoms with Crippen molar-refractivity contribution < 1.29 is 9.53 Å². The van der Waals surface area contributed by atoms with Gasteiger partial charge in [-0.2, -0.15) is 0 Å². The van der Waals surface area contributed by atoms with E-state index in [1.54, 1.807) is 0 Å². The van der Waals surface area contributed by atoms with Crippen molar-refractivity contribution in [2.75, 3.05) is 31.2 Å². The van der Waals surface area contributed by atoms with Crippen LogP contribution in [-0.2, 0) is 16.1 Å². The second-order valence-corrected chi connectivity index (χ2v) is 7.91. The molecule has 136 valence electrons. The van der Waals surface area contributed by atoms with E-state index >= 15 is 0 Å². The molecule has 1 aromatic rings. The van der Waals surface area contributed by atoms with E-state index in [0.29, 0.717) is 12.5 Å². The van der Waals surface area contributed by atoms with Crippen LogP contribution in [0, 0.1) is 17.3 Å². The van der Waals surface area contributed by atoms with E-state index in [-0.39, 0.29) is 17.2 Å². The molecule has 25 heavy (non-hydrogen) atoms. The lowest BCUT2D eigenvalue weighted by molar-refractivity contribution is -0.123. The Bertz CT molecular complexity index is 641. The number of hydrogen-bond donors (Lipinski definition) is 1. The summed E-state index contributed by atoms with van der Waals surface area (Å²) in [6.45, 7) is 12.3. The van der Waals surface area contributed by atoms with Crippen LogP contribution in [0.15, 0.2) is 30.0 Å². The summed E-state index contributed by atoms with van der Waals surface area (Å²) in [5.41, 5.74) is 2.36. The van der Waals surface area contributed by atoms with E-state index in [2.05, 4.69) is 49.0 Å². The van der Waals surface area contributed by atoms with E-state index in [4.69, 9.17) is 4.74 Å².